The van der Waals surface area contributed by atoms with Crippen molar-refractivity contribution in [1.29, 1.82) is 0 Å². The van der Waals surface area contributed by atoms with Crippen LogP contribution >= 0.6 is 0 Å². The predicted molar refractivity (Wildman–Crippen MR) is 85.3 cm³/mol. The number of nitrogens with one attached hydrogen (secondary N) is 1. The average molecular weight is 303 g/mol. The Morgan fingerprint density at radius 3 is 2.14 bits per heavy atom. The Kier molecular flexibility index (Phi) is 13.8. The lowest BCUT2D eigenvalue weighted by atomic mass is 10.1. The molecule has 126 valence electrons. The topological polar surface area (TPSA) is 76.8 Å². The van der Waals surface area contributed by atoms with Gasteiger partial charge in [-0.1, -0.05) is 6.92 Å². The zero-order valence-electron chi connectivity index (χ0n) is 13.9. The Hall–Kier alpha value is -0.690. The van der Waals surface area contributed by atoms with Gasteiger partial charge in [0.1, 0.15) is 0 Å². The standard InChI is InChI=1S/C15H33N3O3/c1-4-7-17-15(19)12-14(13-16)18(8-10-20-5-2)9-11-21-6-3/h14H,4-13,16H2,1-3H3,(H,17,19). The molecule has 0 aliphatic heterocycles. The lowest BCUT2D eigenvalue weighted by molar-refractivity contribution is -0.122. The van der Waals surface area contributed by atoms with E-state index in [1.807, 2.05) is 20.8 Å². The summed E-state index contributed by atoms with van der Waals surface area (Å²) < 4.78 is 10.8. The maximum absolute atomic E-state index is 11.9. The SMILES string of the molecule is CCCNC(=O)CC(CN)N(CCOCC)CCOCC. The summed E-state index contributed by atoms with van der Waals surface area (Å²) in [6, 6.07) is 0.0303. The largest absolute Gasteiger partial charge is 0.380 e. The van der Waals surface area contributed by atoms with Crippen molar-refractivity contribution in [1.82, 2.24) is 10.2 Å². The highest BCUT2D eigenvalue weighted by Gasteiger charge is 2.19. The van der Waals surface area contributed by atoms with Gasteiger partial charge in [0.05, 0.1) is 13.2 Å². The van der Waals surface area contributed by atoms with Crippen molar-refractivity contribution < 1.29 is 14.3 Å². The van der Waals surface area contributed by atoms with Crippen molar-refractivity contribution in [2.24, 2.45) is 5.73 Å². The zero-order valence-corrected chi connectivity index (χ0v) is 13.9. The van der Waals surface area contributed by atoms with E-state index in [1.54, 1.807) is 0 Å². The van der Waals surface area contributed by atoms with E-state index in [2.05, 4.69) is 10.2 Å². The summed E-state index contributed by atoms with van der Waals surface area (Å²) in [6.45, 7) is 11.4. The molecule has 0 spiro atoms. The maximum atomic E-state index is 11.9. The Bertz CT molecular complexity index is 242. The first-order valence-corrected chi connectivity index (χ1v) is 8.05. The molecule has 21 heavy (non-hydrogen) atoms. The Morgan fingerprint density at radius 1 is 1.14 bits per heavy atom. The minimum absolute atomic E-state index is 0.0303. The van der Waals surface area contributed by atoms with Gasteiger partial charge in [-0.25, -0.2) is 0 Å². The third-order valence-corrected chi connectivity index (χ3v) is 3.24. The van der Waals surface area contributed by atoms with Crippen LogP contribution in [0.4, 0.5) is 0 Å². The first-order chi connectivity index (χ1) is 10.2. The molecule has 0 bridgehead atoms. The van der Waals surface area contributed by atoms with Crippen molar-refractivity contribution in [2.75, 3.05) is 52.6 Å². The number of hydrogen-bond donors (Lipinski definition) is 2. The van der Waals surface area contributed by atoms with Crippen LogP contribution in [-0.2, 0) is 14.3 Å². The number of rotatable bonds is 14. The van der Waals surface area contributed by atoms with Crippen molar-refractivity contribution in [2.45, 2.75) is 39.7 Å². The number of nitrogens with two attached hydrogens (primary N) is 1. The molecule has 0 aliphatic carbocycles. The van der Waals surface area contributed by atoms with Crippen LogP contribution in [-0.4, -0.2) is 69.5 Å². The summed E-state index contributed by atoms with van der Waals surface area (Å²) in [5, 5.41) is 2.90. The molecule has 0 radical (unpaired) electrons. The van der Waals surface area contributed by atoms with Gasteiger partial charge in [0, 0.05) is 51.9 Å². The molecule has 1 unspecified atom stereocenters. The molecule has 0 aromatic heterocycles. The van der Waals surface area contributed by atoms with E-state index in [1.165, 1.54) is 0 Å². The van der Waals surface area contributed by atoms with Crippen LogP contribution in [0.15, 0.2) is 0 Å². The molecule has 6 nitrogen and oxygen atoms in total. The molecule has 1 atom stereocenters. The van der Waals surface area contributed by atoms with E-state index < -0.39 is 0 Å². The summed E-state index contributed by atoms with van der Waals surface area (Å²) in [7, 11) is 0. The average Bonchev–Trinajstić information content (AvgIpc) is 2.49. The highest BCUT2D eigenvalue weighted by molar-refractivity contribution is 5.76. The van der Waals surface area contributed by atoms with E-state index in [0.717, 1.165) is 19.5 Å². The van der Waals surface area contributed by atoms with Gasteiger partial charge in [0.25, 0.3) is 0 Å². The van der Waals surface area contributed by atoms with Crippen LogP contribution in [0.3, 0.4) is 0 Å². The molecule has 0 rings (SSSR count). The first-order valence-electron chi connectivity index (χ1n) is 8.05. The fourth-order valence-corrected chi connectivity index (χ4v) is 2.04. The second-order valence-electron chi connectivity index (χ2n) is 4.87. The summed E-state index contributed by atoms with van der Waals surface area (Å²) >= 11 is 0. The van der Waals surface area contributed by atoms with Gasteiger partial charge in [-0.15, -0.1) is 0 Å². The van der Waals surface area contributed by atoms with Crippen LogP contribution in [0.25, 0.3) is 0 Å². The molecular weight excluding hydrogens is 270 g/mol. The number of nitrogens with zero attached hydrogens (tertiary/aromatic N) is 1. The minimum Gasteiger partial charge on any atom is -0.380 e. The lowest BCUT2D eigenvalue weighted by Gasteiger charge is -2.30. The van der Waals surface area contributed by atoms with Crippen LogP contribution in [0, 0.1) is 0 Å². The van der Waals surface area contributed by atoms with E-state index in [-0.39, 0.29) is 11.9 Å². The highest BCUT2D eigenvalue weighted by atomic mass is 16.5. The van der Waals surface area contributed by atoms with Crippen molar-refractivity contribution in [3.05, 3.63) is 0 Å². The number of carbonyl (C=O) groups excluding carboxylic acids is 1. The monoisotopic (exact) mass is 303 g/mol. The van der Waals surface area contributed by atoms with Gasteiger partial charge in [-0.05, 0) is 20.3 Å². The molecule has 0 aliphatic rings. The molecule has 1 amide bonds. The number of hydrogen-bond acceptors (Lipinski definition) is 5. The normalized spacial score (nSPS) is 12.6. The maximum Gasteiger partial charge on any atom is 0.221 e. The summed E-state index contributed by atoms with van der Waals surface area (Å²) in [5.41, 5.74) is 5.86. The van der Waals surface area contributed by atoms with Crippen LogP contribution in [0.5, 0.6) is 0 Å². The highest BCUT2D eigenvalue weighted by Crippen LogP contribution is 2.04. The van der Waals surface area contributed by atoms with Gasteiger partial charge in [0.2, 0.25) is 5.91 Å². The van der Waals surface area contributed by atoms with Crippen LogP contribution in [0.2, 0.25) is 0 Å². The first kappa shape index (κ1) is 20.3. The quantitative estimate of drug-likeness (QED) is 0.460. The second kappa shape index (κ2) is 14.3. The Balaban J connectivity index is 4.37. The van der Waals surface area contributed by atoms with E-state index in [9.17, 15) is 4.79 Å². The fourth-order valence-electron chi connectivity index (χ4n) is 2.04. The number of carbonyl (C=O) groups is 1. The molecule has 0 fully saturated rings. The van der Waals surface area contributed by atoms with Gasteiger partial charge in [0.15, 0.2) is 0 Å². The molecule has 6 heteroatoms. The van der Waals surface area contributed by atoms with Gasteiger partial charge in [-0.3, -0.25) is 9.69 Å². The lowest BCUT2D eigenvalue weighted by Crippen LogP contribution is -2.46. The number of amides is 1. The summed E-state index contributed by atoms with van der Waals surface area (Å²) in [4.78, 5) is 14.1. The molecule has 0 heterocycles. The zero-order chi connectivity index (χ0) is 15.9. The van der Waals surface area contributed by atoms with Crippen LogP contribution < -0.4 is 11.1 Å². The molecular formula is C15H33N3O3. The van der Waals surface area contributed by atoms with Gasteiger partial charge >= 0.3 is 0 Å². The summed E-state index contributed by atoms with van der Waals surface area (Å²) in [5.74, 6) is 0.0603. The smallest absolute Gasteiger partial charge is 0.221 e. The van der Waals surface area contributed by atoms with Gasteiger partial charge < -0.3 is 20.5 Å². The number of ether oxygens (including phenoxy) is 2. The van der Waals surface area contributed by atoms with Gasteiger partial charge in [-0.2, -0.15) is 0 Å². The minimum atomic E-state index is 0.0303. The molecule has 3 N–H and O–H groups in total. The van der Waals surface area contributed by atoms with Crippen LogP contribution in [0.1, 0.15) is 33.6 Å². The Labute approximate surface area is 129 Å². The van der Waals surface area contributed by atoms with E-state index >= 15 is 0 Å². The predicted octanol–water partition coefficient (Wildman–Crippen LogP) is 0.605. The Morgan fingerprint density at radius 2 is 1.71 bits per heavy atom. The molecule has 0 saturated carbocycles. The van der Waals surface area contributed by atoms with Crippen molar-refractivity contribution in [3.63, 3.8) is 0 Å². The van der Waals surface area contributed by atoms with Crippen molar-refractivity contribution in [3.8, 4) is 0 Å². The summed E-state index contributed by atoms with van der Waals surface area (Å²) in [6.07, 6.45) is 1.37. The molecule has 0 aromatic carbocycles. The third kappa shape index (κ3) is 10.6. The molecule has 0 aromatic rings. The fraction of sp³-hybridized carbons (Fsp3) is 0.933. The second-order valence-corrected chi connectivity index (χ2v) is 4.87. The molecule has 0 saturated heterocycles. The van der Waals surface area contributed by atoms with E-state index in [4.69, 9.17) is 15.2 Å². The third-order valence-electron chi connectivity index (χ3n) is 3.24. The van der Waals surface area contributed by atoms with E-state index in [0.29, 0.717) is 45.9 Å². The van der Waals surface area contributed by atoms with Crippen molar-refractivity contribution >= 4 is 5.91 Å².